The van der Waals surface area contributed by atoms with Crippen molar-refractivity contribution in [2.24, 2.45) is 0 Å². The lowest BCUT2D eigenvalue weighted by molar-refractivity contribution is 0.102. The first kappa shape index (κ1) is 19.3. The molecule has 0 atom stereocenters. The Hall–Kier alpha value is -1.70. The number of anilines is 1. The molecule has 0 bridgehead atoms. The second-order valence-electron chi connectivity index (χ2n) is 5.21. The summed E-state index contributed by atoms with van der Waals surface area (Å²) in [5, 5.41) is 14.2. The lowest BCUT2D eigenvalue weighted by Crippen LogP contribution is -2.29. The molecule has 9 heteroatoms. The molecule has 2 aromatic rings. The topological polar surface area (TPSA) is 84.7 Å². The highest BCUT2D eigenvalue weighted by molar-refractivity contribution is 6.02. The van der Waals surface area contributed by atoms with Crippen LogP contribution >= 0.6 is 24.8 Å². The third-order valence-corrected chi connectivity index (χ3v) is 3.69. The molecule has 2 N–H and O–H groups in total. The van der Waals surface area contributed by atoms with Crippen molar-refractivity contribution < 1.29 is 4.79 Å². The van der Waals surface area contributed by atoms with Crippen LogP contribution in [-0.4, -0.2) is 39.0 Å². The molecule has 3 heterocycles. The van der Waals surface area contributed by atoms with Gasteiger partial charge in [0.2, 0.25) is 0 Å². The first-order valence-corrected chi connectivity index (χ1v) is 7.08. The summed E-state index contributed by atoms with van der Waals surface area (Å²) in [6.45, 7) is 3.85. The lowest BCUT2D eigenvalue weighted by atomic mass is 10.1. The molecule has 1 fully saturated rings. The second-order valence-corrected chi connectivity index (χ2v) is 5.21. The average Bonchev–Trinajstić information content (AvgIpc) is 3.00. The highest BCUT2D eigenvalue weighted by Crippen LogP contribution is 2.18. The predicted molar refractivity (Wildman–Crippen MR) is 92.6 cm³/mol. The number of pyridine rings is 1. The average molecular weight is 359 g/mol. The van der Waals surface area contributed by atoms with Crippen molar-refractivity contribution in [3.05, 3.63) is 35.9 Å². The van der Waals surface area contributed by atoms with E-state index in [4.69, 9.17) is 0 Å². The number of carbonyl (C=O) groups excluding carboxylic acids is 1. The summed E-state index contributed by atoms with van der Waals surface area (Å²) in [7, 11) is 0. The third-order valence-electron chi connectivity index (χ3n) is 3.69. The van der Waals surface area contributed by atoms with Crippen molar-refractivity contribution in [2.45, 2.75) is 25.8 Å². The quantitative estimate of drug-likeness (QED) is 0.876. The molecule has 0 aromatic carbocycles. The molecule has 7 nitrogen and oxygen atoms in total. The van der Waals surface area contributed by atoms with Crippen molar-refractivity contribution in [3.63, 3.8) is 0 Å². The van der Waals surface area contributed by atoms with Gasteiger partial charge in [-0.3, -0.25) is 9.78 Å². The Morgan fingerprint density at radius 1 is 1.35 bits per heavy atom. The summed E-state index contributed by atoms with van der Waals surface area (Å²) in [6.07, 6.45) is 7.10. The van der Waals surface area contributed by atoms with Crippen LogP contribution in [0.2, 0.25) is 0 Å². The first-order chi connectivity index (χ1) is 10.2. The van der Waals surface area contributed by atoms with Gasteiger partial charge in [0.25, 0.3) is 5.91 Å². The molecule has 23 heavy (non-hydrogen) atoms. The van der Waals surface area contributed by atoms with Crippen LogP contribution in [0.4, 0.5) is 5.69 Å². The Morgan fingerprint density at radius 2 is 2.09 bits per heavy atom. The fraction of sp³-hybridized carbons (Fsp3) is 0.429. The highest BCUT2D eigenvalue weighted by Gasteiger charge is 2.19. The third kappa shape index (κ3) is 4.63. The zero-order valence-electron chi connectivity index (χ0n) is 12.7. The SMILES string of the molecule is Cc1cnccc1NC(=O)c1cn(C2CCNCC2)nn1.Cl.Cl. The van der Waals surface area contributed by atoms with Crippen LogP contribution in [0.1, 0.15) is 34.9 Å². The number of carbonyl (C=O) groups is 1. The molecule has 0 saturated carbocycles. The minimum Gasteiger partial charge on any atom is -0.320 e. The second kappa shape index (κ2) is 8.81. The zero-order chi connectivity index (χ0) is 14.7. The van der Waals surface area contributed by atoms with E-state index in [1.54, 1.807) is 29.3 Å². The molecule has 0 aliphatic carbocycles. The van der Waals surface area contributed by atoms with Crippen molar-refractivity contribution in [1.29, 1.82) is 0 Å². The van der Waals surface area contributed by atoms with E-state index in [1.165, 1.54) is 0 Å². The summed E-state index contributed by atoms with van der Waals surface area (Å²) >= 11 is 0. The predicted octanol–water partition coefficient (Wildman–Crippen LogP) is 2.00. The first-order valence-electron chi connectivity index (χ1n) is 7.08. The number of aryl methyl sites for hydroxylation is 1. The smallest absolute Gasteiger partial charge is 0.277 e. The fourth-order valence-electron chi connectivity index (χ4n) is 2.43. The molecule has 3 rings (SSSR count). The zero-order valence-corrected chi connectivity index (χ0v) is 14.4. The molecule has 1 aliphatic rings. The molecule has 0 radical (unpaired) electrons. The Morgan fingerprint density at radius 3 is 2.78 bits per heavy atom. The van der Waals surface area contributed by atoms with Gasteiger partial charge in [-0.25, -0.2) is 4.68 Å². The van der Waals surface area contributed by atoms with Gasteiger partial charge in [0.1, 0.15) is 0 Å². The maximum absolute atomic E-state index is 12.2. The maximum Gasteiger partial charge on any atom is 0.277 e. The van der Waals surface area contributed by atoms with Crippen LogP contribution in [0.5, 0.6) is 0 Å². The molecule has 1 aliphatic heterocycles. The molecular weight excluding hydrogens is 339 g/mol. The molecular formula is C14H20Cl2N6O. The summed E-state index contributed by atoms with van der Waals surface area (Å²) in [5.41, 5.74) is 1.99. The van der Waals surface area contributed by atoms with Crippen LogP contribution in [-0.2, 0) is 0 Å². The number of nitrogens with one attached hydrogen (secondary N) is 2. The van der Waals surface area contributed by atoms with Gasteiger partial charge in [-0.05, 0) is 44.5 Å². The van der Waals surface area contributed by atoms with Crippen molar-refractivity contribution in [2.75, 3.05) is 18.4 Å². The van der Waals surface area contributed by atoms with Gasteiger partial charge in [0, 0.05) is 18.1 Å². The summed E-state index contributed by atoms with van der Waals surface area (Å²) < 4.78 is 1.80. The van der Waals surface area contributed by atoms with E-state index >= 15 is 0 Å². The molecule has 1 amide bonds. The van der Waals surface area contributed by atoms with Crippen molar-refractivity contribution >= 4 is 36.4 Å². The van der Waals surface area contributed by atoms with Gasteiger partial charge in [-0.2, -0.15) is 0 Å². The van der Waals surface area contributed by atoms with E-state index in [9.17, 15) is 4.79 Å². The Labute approximate surface area is 147 Å². The highest BCUT2D eigenvalue weighted by atomic mass is 35.5. The van der Waals surface area contributed by atoms with Crippen LogP contribution in [0, 0.1) is 6.92 Å². The van der Waals surface area contributed by atoms with E-state index in [0.717, 1.165) is 37.2 Å². The standard InChI is InChI=1S/C14H18N6O.2ClH/c1-10-8-16-7-4-12(10)17-14(21)13-9-20(19-18-13)11-2-5-15-6-3-11;;/h4,7-9,11,15H,2-3,5-6H2,1H3,(H,16,17,21);2*1H. The Kier molecular flexibility index (Phi) is 7.41. The van der Waals surface area contributed by atoms with E-state index < -0.39 is 0 Å². The number of halogens is 2. The lowest BCUT2D eigenvalue weighted by Gasteiger charge is -2.22. The number of hydrogen-bond acceptors (Lipinski definition) is 5. The van der Waals surface area contributed by atoms with E-state index in [1.807, 2.05) is 6.92 Å². The van der Waals surface area contributed by atoms with Gasteiger partial charge in [-0.1, -0.05) is 5.21 Å². The number of aromatic nitrogens is 4. The van der Waals surface area contributed by atoms with E-state index in [2.05, 4.69) is 25.9 Å². The monoisotopic (exact) mass is 358 g/mol. The Bertz CT molecular complexity index is 642. The molecule has 0 unspecified atom stereocenters. The largest absolute Gasteiger partial charge is 0.320 e. The van der Waals surface area contributed by atoms with E-state index in [-0.39, 0.29) is 30.7 Å². The number of rotatable bonds is 3. The van der Waals surface area contributed by atoms with Crippen LogP contribution < -0.4 is 10.6 Å². The maximum atomic E-state index is 12.2. The summed E-state index contributed by atoms with van der Waals surface area (Å²) in [4.78, 5) is 16.2. The summed E-state index contributed by atoms with van der Waals surface area (Å²) in [5.74, 6) is -0.246. The minimum absolute atomic E-state index is 0. The number of hydrogen-bond donors (Lipinski definition) is 2. The molecule has 126 valence electrons. The van der Waals surface area contributed by atoms with Gasteiger partial charge < -0.3 is 10.6 Å². The number of amides is 1. The normalized spacial score (nSPS) is 14.5. The van der Waals surface area contributed by atoms with Crippen LogP contribution in [0.3, 0.4) is 0 Å². The van der Waals surface area contributed by atoms with Gasteiger partial charge in [-0.15, -0.1) is 29.9 Å². The Balaban J connectivity index is 0.00000132. The van der Waals surface area contributed by atoms with Gasteiger partial charge >= 0.3 is 0 Å². The fourth-order valence-corrected chi connectivity index (χ4v) is 2.43. The number of piperidine rings is 1. The molecule has 2 aromatic heterocycles. The van der Waals surface area contributed by atoms with Gasteiger partial charge in [0.15, 0.2) is 5.69 Å². The molecule has 1 saturated heterocycles. The van der Waals surface area contributed by atoms with Crippen molar-refractivity contribution in [3.8, 4) is 0 Å². The minimum atomic E-state index is -0.246. The van der Waals surface area contributed by atoms with Crippen LogP contribution in [0.15, 0.2) is 24.7 Å². The van der Waals surface area contributed by atoms with Crippen molar-refractivity contribution in [1.82, 2.24) is 25.3 Å². The molecule has 0 spiro atoms. The van der Waals surface area contributed by atoms with Crippen LogP contribution in [0.25, 0.3) is 0 Å². The van der Waals surface area contributed by atoms with Gasteiger partial charge in [0.05, 0.1) is 12.2 Å². The summed E-state index contributed by atoms with van der Waals surface area (Å²) in [6, 6.07) is 2.09. The number of nitrogens with zero attached hydrogens (tertiary/aromatic N) is 4. The van der Waals surface area contributed by atoms with E-state index in [0.29, 0.717) is 11.7 Å².